The Kier molecular flexibility index (Phi) is 6.04. The first kappa shape index (κ1) is 18.4. The van der Waals surface area contributed by atoms with Gasteiger partial charge in [0.15, 0.2) is 18.1 Å². The van der Waals surface area contributed by atoms with Crippen molar-refractivity contribution in [3.05, 3.63) is 17.7 Å². The zero-order valence-electron chi connectivity index (χ0n) is 14.2. The van der Waals surface area contributed by atoms with Crippen LogP contribution >= 0.6 is 0 Å². The fourth-order valence-electron chi connectivity index (χ4n) is 2.30. The second-order valence-corrected chi connectivity index (χ2v) is 5.03. The number of ether oxygens (including phenoxy) is 5. The minimum absolute atomic E-state index is 0.103. The highest BCUT2D eigenvalue weighted by molar-refractivity contribution is 5.94. The Balaban J connectivity index is 1.98. The first-order chi connectivity index (χ1) is 12.0. The number of esters is 1. The van der Waals surface area contributed by atoms with Gasteiger partial charge in [0.1, 0.15) is 6.61 Å². The molecule has 136 valence electrons. The lowest BCUT2D eigenvalue weighted by atomic mass is 10.1. The summed E-state index contributed by atoms with van der Waals surface area (Å²) in [6.45, 7) is -0.232. The highest BCUT2D eigenvalue weighted by atomic mass is 16.6. The van der Waals surface area contributed by atoms with E-state index in [1.807, 2.05) is 0 Å². The third-order valence-electron chi connectivity index (χ3n) is 3.49. The van der Waals surface area contributed by atoms with Crippen LogP contribution in [-0.4, -0.2) is 64.0 Å². The molecule has 0 saturated carbocycles. The quantitative estimate of drug-likeness (QED) is 0.663. The number of nitrogens with zero attached hydrogens (tertiary/aromatic N) is 1. The zero-order valence-corrected chi connectivity index (χ0v) is 14.2. The van der Waals surface area contributed by atoms with Gasteiger partial charge in [0.25, 0.3) is 5.91 Å². The van der Waals surface area contributed by atoms with E-state index in [-0.39, 0.29) is 19.6 Å². The van der Waals surface area contributed by atoms with Crippen LogP contribution in [0.25, 0.3) is 0 Å². The molecule has 0 bridgehead atoms. The summed E-state index contributed by atoms with van der Waals surface area (Å²) in [5.41, 5.74) is 0.563. The highest BCUT2D eigenvalue weighted by Gasteiger charge is 2.29. The summed E-state index contributed by atoms with van der Waals surface area (Å²) in [6, 6.07) is 3.23. The van der Waals surface area contributed by atoms with E-state index >= 15 is 0 Å². The molecule has 0 unspecified atom stereocenters. The first-order valence-electron chi connectivity index (χ1n) is 7.41. The summed E-state index contributed by atoms with van der Waals surface area (Å²) in [4.78, 5) is 35.9. The summed E-state index contributed by atoms with van der Waals surface area (Å²) in [5, 5.41) is 0. The van der Waals surface area contributed by atoms with Crippen molar-refractivity contribution in [1.82, 2.24) is 4.90 Å². The fourth-order valence-corrected chi connectivity index (χ4v) is 2.30. The molecule has 0 spiro atoms. The molecule has 0 N–H and O–H groups in total. The predicted octanol–water partition coefficient (Wildman–Crippen LogP) is 0.777. The van der Waals surface area contributed by atoms with E-state index in [2.05, 4.69) is 4.74 Å². The Hall–Kier alpha value is -2.97. The zero-order chi connectivity index (χ0) is 18.4. The van der Waals surface area contributed by atoms with Crippen LogP contribution in [0.2, 0.25) is 0 Å². The molecule has 1 aromatic rings. The van der Waals surface area contributed by atoms with Crippen molar-refractivity contribution in [3.63, 3.8) is 0 Å². The molecule has 9 heteroatoms. The molecule has 0 aliphatic carbocycles. The van der Waals surface area contributed by atoms with Crippen LogP contribution in [0.4, 0.5) is 4.79 Å². The summed E-state index contributed by atoms with van der Waals surface area (Å²) < 4.78 is 25.2. The van der Waals surface area contributed by atoms with Crippen molar-refractivity contribution >= 4 is 18.0 Å². The van der Waals surface area contributed by atoms with Gasteiger partial charge in [-0.1, -0.05) is 0 Å². The van der Waals surface area contributed by atoms with Crippen LogP contribution in [0.5, 0.6) is 17.2 Å². The Morgan fingerprint density at radius 2 is 1.76 bits per heavy atom. The van der Waals surface area contributed by atoms with Crippen LogP contribution in [0.15, 0.2) is 12.1 Å². The number of carbonyl (C=O) groups excluding carboxylic acids is 3. The van der Waals surface area contributed by atoms with Crippen molar-refractivity contribution in [3.8, 4) is 17.2 Å². The monoisotopic (exact) mass is 353 g/mol. The average Bonchev–Trinajstić information content (AvgIpc) is 3.04. The van der Waals surface area contributed by atoms with Crippen LogP contribution < -0.4 is 14.2 Å². The summed E-state index contributed by atoms with van der Waals surface area (Å²) in [6.07, 6.45) is -0.834. The van der Waals surface area contributed by atoms with Crippen molar-refractivity contribution in [1.29, 1.82) is 0 Å². The van der Waals surface area contributed by atoms with E-state index in [0.717, 1.165) is 4.90 Å². The number of carbonyl (C=O) groups is 3. The maximum atomic E-state index is 11.9. The molecule has 1 aliphatic rings. The molecule has 2 amide bonds. The number of methoxy groups -OCH3 is 3. The van der Waals surface area contributed by atoms with Gasteiger partial charge < -0.3 is 23.7 Å². The molecule has 1 fully saturated rings. The number of hydrogen-bond acceptors (Lipinski definition) is 8. The maximum absolute atomic E-state index is 11.9. The molecule has 9 nitrogen and oxygen atoms in total. The van der Waals surface area contributed by atoms with Crippen LogP contribution in [-0.2, 0) is 25.5 Å². The van der Waals surface area contributed by atoms with Gasteiger partial charge in [-0.05, 0) is 17.7 Å². The number of imide groups is 1. The standard InChI is InChI=1S/C16H19NO8/c1-21-11-6-10(7-12(22-2)15(11)23-3)8-14(19)25-9-13(18)17-4-5-24-16(17)20/h6-7H,4-5,8-9H2,1-3H3. The number of rotatable bonds is 7. The molecule has 1 heterocycles. The molecule has 2 rings (SSSR count). The third-order valence-corrected chi connectivity index (χ3v) is 3.49. The normalized spacial score (nSPS) is 13.2. The van der Waals surface area contributed by atoms with Gasteiger partial charge in [0.05, 0.1) is 34.3 Å². The molecular formula is C16H19NO8. The minimum Gasteiger partial charge on any atom is -0.493 e. The number of cyclic esters (lactones) is 1. The average molecular weight is 353 g/mol. The van der Waals surface area contributed by atoms with Gasteiger partial charge in [0, 0.05) is 0 Å². The van der Waals surface area contributed by atoms with E-state index in [9.17, 15) is 14.4 Å². The van der Waals surface area contributed by atoms with Gasteiger partial charge in [-0.25, -0.2) is 9.69 Å². The second-order valence-electron chi connectivity index (χ2n) is 5.03. The lowest BCUT2D eigenvalue weighted by Crippen LogP contribution is -2.35. The fraction of sp³-hybridized carbons (Fsp3) is 0.438. The van der Waals surface area contributed by atoms with E-state index in [0.29, 0.717) is 22.8 Å². The van der Waals surface area contributed by atoms with Crippen LogP contribution in [0.3, 0.4) is 0 Å². The first-order valence-corrected chi connectivity index (χ1v) is 7.41. The second kappa shape index (κ2) is 8.22. The highest BCUT2D eigenvalue weighted by Crippen LogP contribution is 2.38. The number of amides is 2. The van der Waals surface area contributed by atoms with E-state index in [1.165, 1.54) is 21.3 Å². The molecule has 1 aliphatic heterocycles. The Morgan fingerprint density at radius 3 is 2.24 bits per heavy atom. The molecule has 25 heavy (non-hydrogen) atoms. The SMILES string of the molecule is COc1cc(CC(=O)OCC(=O)N2CCOC2=O)cc(OC)c1OC. The van der Waals surface area contributed by atoms with Gasteiger partial charge >= 0.3 is 12.1 Å². The molecule has 0 aromatic heterocycles. The van der Waals surface area contributed by atoms with Crippen molar-refractivity contribution in [2.45, 2.75) is 6.42 Å². The van der Waals surface area contributed by atoms with Crippen LogP contribution in [0.1, 0.15) is 5.56 Å². The van der Waals surface area contributed by atoms with Gasteiger partial charge in [-0.15, -0.1) is 0 Å². The van der Waals surface area contributed by atoms with Crippen LogP contribution in [0, 0.1) is 0 Å². The lowest BCUT2D eigenvalue weighted by molar-refractivity contribution is -0.150. The molecule has 1 saturated heterocycles. The Labute approximate surface area is 144 Å². The molecule has 0 radical (unpaired) electrons. The largest absolute Gasteiger partial charge is 0.493 e. The van der Waals surface area contributed by atoms with Gasteiger partial charge in [-0.2, -0.15) is 0 Å². The van der Waals surface area contributed by atoms with E-state index < -0.39 is 24.6 Å². The topological polar surface area (TPSA) is 101 Å². The summed E-state index contributed by atoms with van der Waals surface area (Å²) >= 11 is 0. The smallest absolute Gasteiger partial charge is 0.416 e. The number of benzene rings is 1. The summed E-state index contributed by atoms with van der Waals surface area (Å²) in [5.74, 6) is -0.0400. The van der Waals surface area contributed by atoms with Crippen molar-refractivity contribution in [2.24, 2.45) is 0 Å². The van der Waals surface area contributed by atoms with Crippen molar-refractivity contribution in [2.75, 3.05) is 41.1 Å². The lowest BCUT2D eigenvalue weighted by Gasteiger charge is -2.14. The van der Waals surface area contributed by atoms with Gasteiger partial charge in [-0.3, -0.25) is 9.59 Å². The molecular weight excluding hydrogens is 334 g/mol. The van der Waals surface area contributed by atoms with E-state index in [4.69, 9.17) is 18.9 Å². The predicted molar refractivity (Wildman–Crippen MR) is 83.8 cm³/mol. The number of hydrogen-bond donors (Lipinski definition) is 0. The molecule has 0 atom stereocenters. The molecule has 1 aromatic carbocycles. The Morgan fingerprint density at radius 1 is 1.12 bits per heavy atom. The van der Waals surface area contributed by atoms with E-state index in [1.54, 1.807) is 12.1 Å². The van der Waals surface area contributed by atoms with Crippen molar-refractivity contribution < 1.29 is 38.1 Å². The van der Waals surface area contributed by atoms with Gasteiger partial charge in [0.2, 0.25) is 5.75 Å². The minimum atomic E-state index is -0.731. The third kappa shape index (κ3) is 4.31. The summed E-state index contributed by atoms with van der Waals surface area (Å²) in [7, 11) is 4.41. The Bertz CT molecular complexity index is 647. The maximum Gasteiger partial charge on any atom is 0.416 e.